The van der Waals surface area contributed by atoms with Crippen LogP contribution in [0.4, 0.5) is 0 Å². The first-order valence-corrected chi connectivity index (χ1v) is 7.90. The summed E-state index contributed by atoms with van der Waals surface area (Å²) >= 11 is 0. The van der Waals surface area contributed by atoms with E-state index in [0.29, 0.717) is 31.1 Å². The highest BCUT2D eigenvalue weighted by Gasteiger charge is 2.27. The first kappa shape index (κ1) is 15.7. The number of hydrogen-bond acceptors (Lipinski definition) is 7. The lowest BCUT2D eigenvalue weighted by Crippen LogP contribution is -2.39. The molecule has 10 nitrogen and oxygen atoms in total. The Morgan fingerprint density at radius 1 is 1.36 bits per heavy atom. The van der Waals surface area contributed by atoms with E-state index >= 15 is 0 Å². The van der Waals surface area contributed by atoms with Gasteiger partial charge in [0.05, 0.1) is 31.1 Å². The second-order valence-corrected chi connectivity index (χ2v) is 5.97. The summed E-state index contributed by atoms with van der Waals surface area (Å²) in [5, 5.41) is 31.0. The third-order valence-corrected chi connectivity index (χ3v) is 4.23. The van der Waals surface area contributed by atoms with Gasteiger partial charge in [0, 0.05) is 18.4 Å². The van der Waals surface area contributed by atoms with Crippen LogP contribution in [0.15, 0.2) is 18.3 Å². The van der Waals surface area contributed by atoms with Gasteiger partial charge in [-0.3, -0.25) is 13.9 Å². The van der Waals surface area contributed by atoms with E-state index in [1.807, 2.05) is 6.92 Å². The quantitative estimate of drug-likeness (QED) is 0.645. The van der Waals surface area contributed by atoms with E-state index in [9.17, 15) is 9.90 Å². The molecule has 0 unspecified atom stereocenters. The van der Waals surface area contributed by atoms with Gasteiger partial charge in [-0.05, 0) is 19.1 Å². The number of aliphatic hydroxyl groups excluding tert-OH is 2. The molecule has 25 heavy (non-hydrogen) atoms. The Hall–Kier alpha value is -2.85. The molecule has 0 fully saturated rings. The minimum absolute atomic E-state index is 0.214. The molecule has 0 radical (unpaired) electrons. The third-order valence-electron chi connectivity index (χ3n) is 4.23. The van der Waals surface area contributed by atoms with E-state index in [4.69, 9.17) is 5.11 Å². The zero-order chi connectivity index (χ0) is 17.6. The van der Waals surface area contributed by atoms with Crippen molar-refractivity contribution in [2.24, 2.45) is 0 Å². The van der Waals surface area contributed by atoms with Gasteiger partial charge in [-0.1, -0.05) is 0 Å². The number of hydrogen-bond donors (Lipinski definition) is 2. The molecule has 130 valence electrons. The second kappa shape index (κ2) is 5.90. The first-order valence-electron chi connectivity index (χ1n) is 7.90. The van der Waals surface area contributed by atoms with E-state index in [2.05, 4.69) is 20.3 Å². The van der Waals surface area contributed by atoms with Gasteiger partial charge >= 0.3 is 0 Å². The maximum atomic E-state index is 12.8. The average Bonchev–Trinajstić information content (AvgIpc) is 3.23. The summed E-state index contributed by atoms with van der Waals surface area (Å²) in [5.74, 6) is 0.361. The molecule has 0 aliphatic carbocycles. The number of rotatable bonds is 3. The minimum Gasteiger partial charge on any atom is -0.393 e. The Morgan fingerprint density at radius 2 is 2.20 bits per heavy atom. The lowest BCUT2D eigenvalue weighted by atomic mass is 10.2. The zero-order valence-corrected chi connectivity index (χ0v) is 13.6. The molecule has 10 heteroatoms. The average molecular weight is 343 g/mol. The number of aryl methyl sites for hydroxylation is 1. The van der Waals surface area contributed by atoms with Crippen molar-refractivity contribution in [1.29, 1.82) is 0 Å². The monoisotopic (exact) mass is 343 g/mol. The molecular weight excluding hydrogens is 326 g/mol. The summed E-state index contributed by atoms with van der Waals surface area (Å²) in [5.41, 5.74) is 2.00. The van der Waals surface area contributed by atoms with Crippen LogP contribution in [0.25, 0.3) is 5.78 Å². The van der Waals surface area contributed by atoms with Crippen LogP contribution in [0.2, 0.25) is 0 Å². The van der Waals surface area contributed by atoms with Crippen molar-refractivity contribution in [3.63, 3.8) is 0 Å². The second-order valence-electron chi connectivity index (χ2n) is 5.97. The fraction of sp³-hybridized carbons (Fsp3) is 0.400. The normalized spacial score (nSPS) is 15.4. The molecule has 4 heterocycles. The number of amides is 1. The van der Waals surface area contributed by atoms with Crippen LogP contribution < -0.4 is 0 Å². The maximum absolute atomic E-state index is 12.8. The largest absolute Gasteiger partial charge is 0.393 e. The predicted octanol–water partition coefficient (Wildman–Crippen LogP) is -0.689. The fourth-order valence-electron chi connectivity index (χ4n) is 2.88. The first-order chi connectivity index (χ1) is 12.1. The van der Waals surface area contributed by atoms with Crippen LogP contribution in [0, 0.1) is 6.92 Å². The van der Waals surface area contributed by atoms with Gasteiger partial charge in [0.2, 0.25) is 5.82 Å². The van der Waals surface area contributed by atoms with Gasteiger partial charge < -0.3 is 15.1 Å². The highest BCUT2D eigenvalue weighted by molar-refractivity contribution is 5.91. The molecule has 1 aliphatic rings. The zero-order valence-electron chi connectivity index (χ0n) is 13.6. The molecule has 4 rings (SSSR count). The SMILES string of the molecule is Cc1ccn2c(C(=O)N3CCn4nc([C@@H](O)CO)cc4C3)nnc2n1. The van der Waals surface area contributed by atoms with Gasteiger partial charge in [0.25, 0.3) is 11.7 Å². The van der Waals surface area contributed by atoms with Crippen molar-refractivity contribution in [3.8, 4) is 0 Å². The van der Waals surface area contributed by atoms with Crippen molar-refractivity contribution in [1.82, 2.24) is 34.3 Å². The number of aliphatic hydroxyl groups is 2. The summed E-state index contributed by atoms with van der Waals surface area (Å²) in [7, 11) is 0. The third kappa shape index (κ3) is 2.65. The van der Waals surface area contributed by atoms with E-state index in [0.717, 1.165) is 11.4 Å². The van der Waals surface area contributed by atoms with Gasteiger partial charge in [0.15, 0.2) is 0 Å². The molecule has 0 bridgehead atoms. The Labute approximate surface area is 142 Å². The van der Waals surface area contributed by atoms with Crippen molar-refractivity contribution in [2.75, 3.05) is 13.2 Å². The molecule has 1 atom stereocenters. The van der Waals surface area contributed by atoms with E-state index in [1.165, 1.54) is 0 Å². The summed E-state index contributed by atoms with van der Waals surface area (Å²) < 4.78 is 3.31. The Kier molecular flexibility index (Phi) is 3.70. The molecule has 0 saturated heterocycles. The Morgan fingerprint density at radius 3 is 3.00 bits per heavy atom. The molecule has 1 amide bonds. The van der Waals surface area contributed by atoms with Gasteiger partial charge in [-0.25, -0.2) is 4.98 Å². The number of aromatic nitrogens is 6. The molecule has 0 spiro atoms. The number of carbonyl (C=O) groups excluding carboxylic acids is 1. The standard InChI is InChI=1S/C15H17N7O3/c1-9-2-3-21-13(17-18-15(21)16-9)14(25)20-4-5-22-10(7-20)6-11(19-22)12(24)8-23/h2-3,6,12,23-24H,4-5,7-8H2,1H3/t12-/m0/s1. The van der Waals surface area contributed by atoms with Crippen molar-refractivity contribution < 1.29 is 15.0 Å². The van der Waals surface area contributed by atoms with Crippen molar-refractivity contribution in [3.05, 3.63) is 41.2 Å². The van der Waals surface area contributed by atoms with Crippen LogP contribution in [0.1, 0.15) is 33.8 Å². The molecular formula is C15H17N7O3. The molecule has 3 aromatic heterocycles. The summed E-state index contributed by atoms with van der Waals surface area (Å²) in [6.45, 7) is 2.78. The molecule has 2 N–H and O–H groups in total. The minimum atomic E-state index is -1.02. The summed E-state index contributed by atoms with van der Waals surface area (Å²) in [6.07, 6.45) is 0.714. The van der Waals surface area contributed by atoms with Crippen molar-refractivity contribution >= 4 is 11.7 Å². The Balaban J connectivity index is 1.60. The molecule has 1 aliphatic heterocycles. The summed E-state index contributed by atoms with van der Waals surface area (Å²) in [4.78, 5) is 18.7. The van der Waals surface area contributed by atoms with Crippen LogP contribution in [-0.2, 0) is 13.1 Å². The topological polar surface area (TPSA) is 122 Å². The number of nitrogens with zero attached hydrogens (tertiary/aromatic N) is 7. The Bertz CT molecular complexity index is 948. The highest BCUT2D eigenvalue weighted by Crippen LogP contribution is 2.19. The lowest BCUT2D eigenvalue weighted by molar-refractivity contribution is 0.0691. The molecule has 0 aromatic carbocycles. The van der Waals surface area contributed by atoms with E-state index in [-0.39, 0.29) is 11.7 Å². The fourth-order valence-corrected chi connectivity index (χ4v) is 2.88. The van der Waals surface area contributed by atoms with Gasteiger partial charge in [-0.2, -0.15) is 5.10 Å². The molecule has 0 saturated carbocycles. The lowest BCUT2D eigenvalue weighted by Gasteiger charge is -2.26. The van der Waals surface area contributed by atoms with Crippen LogP contribution >= 0.6 is 0 Å². The van der Waals surface area contributed by atoms with Gasteiger partial charge in [0.1, 0.15) is 6.10 Å². The van der Waals surface area contributed by atoms with Crippen LogP contribution in [0.5, 0.6) is 0 Å². The number of fused-ring (bicyclic) bond motifs is 2. The highest BCUT2D eigenvalue weighted by atomic mass is 16.3. The summed E-state index contributed by atoms with van der Waals surface area (Å²) in [6, 6.07) is 3.49. The van der Waals surface area contributed by atoms with Gasteiger partial charge in [-0.15, -0.1) is 10.2 Å². The smallest absolute Gasteiger partial charge is 0.292 e. The van der Waals surface area contributed by atoms with Crippen LogP contribution in [0.3, 0.4) is 0 Å². The maximum Gasteiger partial charge on any atom is 0.292 e. The van der Waals surface area contributed by atoms with Crippen molar-refractivity contribution in [2.45, 2.75) is 26.1 Å². The molecule has 3 aromatic rings. The van der Waals surface area contributed by atoms with E-state index < -0.39 is 12.7 Å². The predicted molar refractivity (Wildman–Crippen MR) is 84.5 cm³/mol. The van der Waals surface area contributed by atoms with E-state index in [1.54, 1.807) is 32.3 Å². The van der Waals surface area contributed by atoms with Crippen LogP contribution in [-0.4, -0.2) is 63.5 Å². The number of carbonyl (C=O) groups is 1.